The quantitative estimate of drug-likeness (QED) is 0.687. The van der Waals surface area contributed by atoms with Gasteiger partial charge < -0.3 is 14.2 Å². The largest absolute Gasteiger partial charge is 0.496 e. The second kappa shape index (κ2) is 8.30. The average molecular weight is 331 g/mol. The molecule has 0 N–H and O–H groups in total. The number of Topliss-reactive ketones (excluding diaryl/α,β-unsaturated/α-hetero) is 1. The number of ether oxygens (including phenoxy) is 3. The van der Waals surface area contributed by atoms with Crippen molar-refractivity contribution in [3.8, 4) is 5.75 Å². The number of carbonyl (C=O) groups excluding carboxylic acids is 1. The third kappa shape index (κ3) is 4.93. The van der Waals surface area contributed by atoms with Gasteiger partial charge >= 0.3 is 0 Å². The molecule has 0 aliphatic rings. The molecule has 106 valence electrons. The summed E-state index contributed by atoms with van der Waals surface area (Å²) < 4.78 is 16.5. The maximum atomic E-state index is 12.1. The van der Waals surface area contributed by atoms with Crippen molar-refractivity contribution in [2.45, 2.75) is 26.6 Å². The van der Waals surface area contributed by atoms with Gasteiger partial charge in [0.05, 0.1) is 11.6 Å². The smallest absolute Gasteiger partial charge is 0.218 e. The molecule has 0 aromatic heterocycles. The Bertz CT molecular complexity index is 414. The van der Waals surface area contributed by atoms with E-state index < -0.39 is 6.29 Å². The van der Waals surface area contributed by atoms with Crippen LogP contribution >= 0.6 is 15.9 Å². The van der Waals surface area contributed by atoms with Crippen LogP contribution in [0.25, 0.3) is 0 Å². The van der Waals surface area contributed by atoms with E-state index in [-0.39, 0.29) is 12.2 Å². The molecule has 1 rings (SSSR count). The average Bonchev–Trinajstić information content (AvgIpc) is 2.38. The molecule has 0 aliphatic carbocycles. The van der Waals surface area contributed by atoms with Gasteiger partial charge in [-0.25, -0.2) is 0 Å². The van der Waals surface area contributed by atoms with E-state index in [0.29, 0.717) is 13.2 Å². The van der Waals surface area contributed by atoms with Crippen molar-refractivity contribution in [3.63, 3.8) is 0 Å². The molecule has 0 aliphatic heterocycles. The lowest BCUT2D eigenvalue weighted by atomic mass is 10.1. The van der Waals surface area contributed by atoms with E-state index in [9.17, 15) is 4.79 Å². The molecule has 0 saturated carbocycles. The second-order valence-electron chi connectivity index (χ2n) is 3.85. The van der Waals surface area contributed by atoms with Crippen LogP contribution in [0.3, 0.4) is 0 Å². The summed E-state index contributed by atoms with van der Waals surface area (Å²) in [6, 6.07) is 5.55. The van der Waals surface area contributed by atoms with Gasteiger partial charge in [0.15, 0.2) is 5.78 Å². The van der Waals surface area contributed by atoms with Crippen LogP contribution in [0.5, 0.6) is 5.75 Å². The summed E-state index contributed by atoms with van der Waals surface area (Å²) in [4.78, 5) is 12.1. The van der Waals surface area contributed by atoms with Crippen molar-refractivity contribution < 1.29 is 19.0 Å². The number of methoxy groups -OCH3 is 1. The van der Waals surface area contributed by atoms with Crippen LogP contribution in [-0.4, -0.2) is 32.4 Å². The molecule has 0 amide bonds. The Balaban J connectivity index is 2.71. The third-order valence-corrected chi connectivity index (χ3v) is 3.11. The maximum Gasteiger partial charge on any atom is 0.218 e. The van der Waals surface area contributed by atoms with Crippen LogP contribution in [0, 0.1) is 0 Å². The minimum atomic E-state index is -0.782. The first-order valence-corrected chi connectivity index (χ1v) is 7.00. The molecule has 19 heavy (non-hydrogen) atoms. The molecule has 0 atom stereocenters. The molecule has 0 fully saturated rings. The SMILES string of the molecule is CCOC(OCC)C(=O)Cc1ccc(OC)c(Br)c1. The van der Waals surface area contributed by atoms with E-state index >= 15 is 0 Å². The minimum Gasteiger partial charge on any atom is -0.496 e. The second-order valence-corrected chi connectivity index (χ2v) is 4.71. The number of benzene rings is 1. The highest BCUT2D eigenvalue weighted by molar-refractivity contribution is 9.10. The van der Waals surface area contributed by atoms with Crippen molar-refractivity contribution in [2.75, 3.05) is 20.3 Å². The van der Waals surface area contributed by atoms with Gasteiger partial charge in [-0.05, 0) is 47.5 Å². The Morgan fingerprint density at radius 3 is 2.37 bits per heavy atom. The highest BCUT2D eigenvalue weighted by atomic mass is 79.9. The molecular formula is C14H19BrO4. The molecule has 0 heterocycles. The fourth-order valence-corrected chi connectivity index (χ4v) is 2.23. The summed E-state index contributed by atoms with van der Waals surface area (Å²) in [5.41, 5.74) is 0.891. The highest BCUT2D eigenvalue weighted by Crippen LogP contribution is 2.25. The number of halogens is 1. The van der Waals surface area contributed by atoms with Crippen LogP contribution < -0.4 is 4.74 Å². The van der Waals surface area contributed by atoms with Gasteiger partial charge in [-0.15, -0.1) is 0 Å². The third-order valence-electron chi connectivity index (χ3n) is 2.49. The molecule has 1 aromatic carbocycles. The van der Waals surface area contributed by atoms with Crippen LogP contribution in [0.4, 0.5) is 0 Å². The van der Waals surface area contributed by atoms with Gasteiger partial charge in [0.1, 0.15) is 5.75 Å². The summed E-state index contributed by atoms with van der Waals surface area (Å²) in [6.45, 7) is 4.57. The molecule has 5 heteroatoms. The van der Waals surface area contributed by atoms with Crippen LogP contribution in [0.2, 0.25) is 0 Å². The standard InChI is InChI=1S/C14H19BrO4/c1-4-18-14(19-5-2)12(16)9-10-6-7-13(17-3)11(15)8-10/h6-8,14H,4-5,9H2,1-3H3. The number of ketones is 1. The Morgan fingerprint density at radius 1 is 1.26 bits per heavy atom. The maximum absolute atomic E-state index is 12.1. The molecule has 0 saturated heterocycles. The fourth-order valence-electron chi connectivity index (χ4n) is 1.64. The monoisotopic (exact) mass is 330 g/mol. The first-order chi connectivity index (χ1) is 9.12. The summed E-state index contributed by atoms with van der Waals surface area (Å²) in [6.07, 6.45) is -0.511. The molecule has 0 radical (unpaired) electrons. The van der Waals surface area contributed by atoms with Gasteiger partial charge in [-0.2, -0.15) is 0 Å². The predicted octanol–water partition coefficient (Wildman–Crippen LogP) is 2.97. The molecule has 1 aromatic rings. The Labute approximate surface area is 122 Å². The summed E-state index contributed by atoms with van der Waals surface area (Å²) in [5.74, 6) is 0.656. The van der Waals surface area contributed by atoms with E-state index in [4.69, 9.17) is 14.2 Å². The minimum absolute atomic E-state index is 0.0826. The van der Waals surface area contributed by atoms with Crippen molar-refractivity contribution in [1.29, 1.82) is 0 Å². The predicted molar refractivity (Wildman–Crippen MR) is 76.4 cm³/mol. The summed E-state index contributed by atoms with van der Waals surface area (Å²) in [5, 5.41) is 0. The lowest BCUT2D eigenvalue weighted by Gasteiger charge is -2.15. The number of hydrogen-bond donors (Lipinski definition) is 0. The van der Waals surface area contributed by atoms with Gasteiger partial charge in [0.2, 0.25) is 6.29 Å². The molecule has 4 nitrogen and oxygen atoms in total. The van der Waals surface area contributed by atoms with E-state index in [1.54, 1.807) is 7.11 Å². The molecular weight excluding hydrogens is 312 g/mol. The van der Waals surface area contributed by atoms with E-state index in [1.165, 1.54) is 0 Å². The van der Waals surface area contributed by atoms with Crippen LogP contribution in [0.15, 0.2) is 22.7 Å². The van der Waals surface area contributed by atoms with Gasteiger partial charge in [0.25, 0.3) is 0 Å². The van der Waals surface area contributed by atoms with Gasteiger partial charge in [-0.1, -0.05) is 6.07 Å². The first kappa shape index (κ1) is 16.1. The molecule has 0 bridgehead atoms. The Morgan fingerprint density at radius 2 is 1.89 bits per heavy atom. The van der Waals surface area contributed by atoms with Crippen molar-refractivity contribution >= 4 is 21.7 Å². The normalized spacial score (nSPS) is 10.8. The summed E-state index contributed by atoms with van der Waals surface area (Å²) in [7, 11) is 1.60. The molecule has 0 unspecified atom stereocenters. The fraction of sp³-hybridized carbons (Fsp3) is 0.500. The van der Waals surface area contributed by atoms with Gasteiger partial charge in [-0.3, -0.25) is 4.79 Å². The van der Waals surface area contributed by atoms with Crippen LogP contribution in [0.1, 0.15) is 19.4 Å². The van der Waals surface area contributed by atoms with E-state index in [2.05, 4.69) is 15.9 Å². The molecule has 0 spiro atoms. The Hall–Kier alpha value is -0.910. The van der Waals surface area contributed by atoms with E-state index in [0.717, 1.165) is 15.8 Å². The zero-order valence-corrected chi connectivity index (χ0v) is 13.0. The number of carbonyl (C=O) groups is 1. The van der Waals surface area contributed by atoms with Crippen molar-refractivity contribution in [2.24, 2.45) is 0 Å². The highest BCUT2D eigenvalue weighted by Gasteiger charge is 2.19. The summed E-state index contributed by atoms with van der Waals surface area (Å²) >= 11 is 3.40. The first-order valence-electron chi connectivity index (χ1n) is 6.20. The zero-order chi connectivity index (χ0) is 14.3. The lowest BCUT2D eigenvalue weighted by Crippen LogP contribution is -2.29. The van der Waals surface area contributed by atoms with Crippen molar-refractivity contribution in [3.05, 3.63) is 28.2 Å². The van der Waals surface area contributed by atoms with Crippen LogP contribution in [-0.2, 0) is 20.7 Å². The number of rotatable bonds is 8. The Kier molecular flexibility index (Phi) is 7.05. The van der Waals surface area contributed by atoms with E-state index in [1.807, 2.05) is 32.0 Å². The zero-order valence-electron chi connectivity index (χ0n) is 11.4. The topological polar surface area (TPSA) is 44.8 Å². The lowest BCUT2D eigenvalue weighted by molar-refractivity contribution is -0.167. The van der Waals surface area contributed by atoms with Crippen molar-refractivity contribution in [1.82, 2.24) is 0 Å². The number of hydrogen-bond acceptors (Lipinski definition) is 4. The van der Waals surface area contributed by atoms with Gasteiger partial charge in [0, 0.05) is 19.6 Å².